The molecule has 0 saturated carbocycles. The minimum atomic E-state index is -2.40. The van der Waals surface area contributed by atoms with Gasteiger partial charge >= 0.3 is 11.9 Å². The smallest absolute Gasteiger partial charge is 0.330 e. The maximum absolute atomic E-state index is 13.0. The summed E-state index contributed by atoms with van der Waals surface area (Å²) in [5, 5.41) is 22.7. The van der Waals surface area contributed by atoms with Gasteiger partial charge in [-0.15, -0.1) is 0 Å². The van der Waals surface area contributed by atoms with Gasteiger partial charge in [0, 0.05) is 17.3 Å². The Bertz CT molecular complexity index is 1170. The number of hydrogen-bond donors (Lipinski definition) is 4. The fraction of sp³-hybridized carbons (Fsp3) is 0.0476. The molecule has 1 aliphatic rings. The summed E-state index contributed by atoms with van der Waals surface area (Å²) in [6, 6.07) is 12.4. The van der Waals surface area contributed by atoms with Crippen LogP contribution >= 0.6 is 0 Å². The Kier molecular flexibility index (Phi) is 4.04. The minimum Gasteiger partial charge on any atom is -0.480 e. The van der Waals surface area contributed by atoms with E-state index in [4.69, 9.17) is 5.73 Å². The number of carbonyl (C=O) groups excluding carboxylic acids is 1. The highest BCUT2D eigenvalue weighted by Crippen LogP contribution is 2.50. The molecule has 1 amide bonds. The maximum atomic E-state index is 13.0. The fourth-order valence-electron chi connectivity index (χ4n) is 3.80. The van der Waals surface area contributed by atoms with E-state index in [0.717, 1.165) is 0 Å². The van der Waals surface area contributed by atoms with Gasteiger partial charge in [0.05, 0.1) is 17.6 Å². The highest BCUT2D eigenvalue weighted by Gasteiger charge is 2.57. The standard InChI is InChI=1S/C21H15N3O5/c22-15-10-23-9-8-16(15)24-18(25)13-6-3-5-12-11-4-1-2-7-14(11)21(17(12)13,19(26)27)20(28)29/h1-10H,22H2,(H,26,27)(H,28,29)(H,23,24,25). The van der Waals surface area contributed by atoms with Crippen molar-refractivity contribution in [1.82, 2.24) is 4.98 Å². The first-order valence-electron chi connectivity index (χ1n) is 8.60. The van der Waals surface area contributed by atoms with Gasteiger partial charge in [0.1, 0.15) is 0 Å². The molecule has 8 heteroatoms. The minimum absolute atomic E-state index is 0.0558. The van der Waals surface area contributed by atoms with Gasteiger partial charge in [0.25, 0.3) is 5.91 Å². The van der Waals surface area contributed by atoms with Crippen molar-refractivity contribution in [2.45, 2.75) is 5.41 Å². The summed E-state index contributed by atoms with van der Waals surface area (Å²) in [5.41, 5.74) is 4.75. The Morgan fingerprint density at radius 2 is 1.62 bits per heavy atom. The van der Waals surface area contributed by atoms with Crippen molar-refractivity contribution in [2.24, 2.45) is 0 Å². The molecule has 1 heterocycles. The number of benzene rings is 2. The van der Waals surface area contributed by atoms with Gasteiger partial charge in [-0.1, -0.05) is 36.4 Å². The maximum Gasteiger partial charge on any atom is 0.330 e. The van der Waals surface area contributed by atoms with Gasteiger partial charge in [-0.2, -0.15) is 0 Å². The lowest BCUT2D eigenvalue weighted by molar-refractivity contribution is -0.154. The number of pyridine rings is 1. The van der Waals surface area contributed by atoms with Crippen LogP contribution in [0, 0.1) is 0 Å². The molecule has 29 heavy (non-hydrogen) atoms. The highest BCUT2D eigenvalue weighted by molar-refractivity contribution is 6.18. The third kappa shape index (κ3) is 2.46. The number of carboxylic acids is 2. The number of aliphatic carboxylic acids is 2. The second kappa shape index (κ2) is 6.45. The van der Waals surface area contributed by atoms with Crippen molar-refractivity contribution in [3.8, 4) is 11.1 Å². The molecular formula is C21H15N3O5. The lowest BCUT2D eigenvalue weighted by atomic mass is 9.76. The van der Waals surface area contributed by atoms with Crippen LogP contribution in [-0.4, -0.2) is 33.0 Å². The van der Waals surface area contributed by atoms with E-state index < -0.39 is 23.3 Å². The van der Waals surface area contributed by atoms with Crippen molar-refractivity contribution < 1.29 is 24.6 Å². The van der Waals surface area contributed by atoms with E-state index in [9.17, 15) is 24.6 Å². The van der Waals surface area contributed by atoms with Gasteiger partial charge in [-0.25, -0.2) is 0 Å². The number of rotatable bonds is 4. The quantitative estimate of drug-likeness (QED) is 0.502. The van der Waals surface area contributed by atoms with E-state index in [1.165, 1.54) is 30.6 Å². The molecule has 0 bridgehead atoms. The van der Waals surface area contributed by atoms with Crippen LogP contribution in [0.2, 0.25) is 0 Å². The van der Waals surface area contributed by atoms with Crippen LogP contribution in [0.15, 0.2) is 60.9 Å². The van der Waals surface area contributed by atoms with Crippen molar-refractivity contribution >= 4 is 29.2 Å². The normalized spacial score (nSPS) is 13.2. The summed E-state index contributed by atoms with van der Waals surface area (Å²) in [5.74, 6) is -3.81. The van der Waals surface area contributed by atoms with E-state index in [1.54, 1.807) is 30.3 Å². The number of nitrogens with zero attached hydrogens (tertiary/aromatic N) is 1. The number of carbonyl (C=O) groups is 3. The van der Waals surface area contributed by atoms with Crippen LogP contribution in [0.25, 0.3) is 11.1 Å². The van der Waals surface area contributed by atoms with Crippen molar-refractivity contribution in [3.05, 3.63) is 77.6 Å². The molecule has 0 spiro atoms. The monoisotopic (exact) mass is 389 g/mol. The summed E-state index contributed by atoms with van der Waals surface area (Å²) in [7, 11) is 0. The number of amides is 1. The van der Waals surface area contributed by atoms with Gasteiger partial charge in [0.2, 0.25) is 5.41 Å². The number of nitrogens with one attached hydrogen (secondary N) is 1. The lowest BCUT2D eigenvalue weighted by Gasteiger charge is -2.24. The lowest BCUT2D eigenvalue weighted by Crippen LogP contribution is -2.44. The molecule has 0 aliphatic heterocycles. The number of nitrogen functional groups attached to an aromatic ring is 1. The molecule has 1 aromatic heterocycles. The average Bonchev–Trinajstić information content (AvgIpc) is 3.01. The molecule has 144 valence electrons. The second-order valence-corrected chi connectivity index (χ2v) is 6.55. The fourth-order valence-corrected chi connectivity index (χ4v) is 3.80. The Balaban J connectivity index is 1.96. The molecule has 0 saturated heterocycles. The molecule has 0 radical (unpaired) electrons. The highest BCUT2D eigenvalue weighted by atomic mass is 16.4. The van der Waals surface area contributed by atoms with E-state index in [-0.39, 0.29) is 28.1 Å². The second-order valence-electron chi connectivity index (χ2n) is 6.55. The van der Waals surface area contributed by atoms with Gasteiger partial charge < -0.3 is 21.3 Å². The zero-order valence-electron chi connectivity index (χ0n) is 14.9. The Morgan fingerprint density at radius 1 is 0.931 bits per heavy atom. The summed E-state index contributed by atoms with van der Waals surface area (Å²) in [4.78, 5) is 41.6. The molecule has 2 aromatic carbocycles. The van der Waals surface area contributed by atoms with E-state index in [0.29, 0.717) is 11.1 Å². The molecule has 4 rings (SSSR count). The van der Waals surface area contributed by atoms with Crippen LogP contribution < -0.4 is 11.1 Å². The van der Waals surface area contributed by atoms with Crippen LogP contribution in [0.5, 0.6) is 0 Å². The summed E-state index contributed by atoms with van der Waals surface area (Å²) in [6.07, 6.45) is 2.80. The molecule has 0 unspecified atom stereocenters. The number of aromatic nitrogens is 1. The predicted molar refractivity (Wildman–Crippen MR) is 105 cm³/mol. The van der Waals surface area contributed by atoms with E-state index in [2.05, 4.69) is 10.3 Å². The molecular weight excluding hydrogens is 374 g/mol. The number of hydrogen-bond acceptors (Lipinski definition) is 5. The number of nitrogens with two attached hydrogens (primary N) is 1. The number of carboxylic acid groups (broad SMARTS) is 2. The first-order chi connectivity index (χ1) is 13.9. The molecule has 8 nitrogen and oxygen atoms in total. The molecule has 0 atom stereocenters. The van der Waals surface area contributed by atoms with Crippen LogP contribution in [0.4, 0.5) is 11.4 Å². The van der Waals surface area contributed by atoms with Crippen molar-refractivity contribution in [3.63, 3.8) is 0 Å². The predicted octanol–water partition coefficient (Wildman–Crippen LogP) is 2.35. The summed E-state index contributed by atoms with van der Waals surface area (Å²) in [6.45, 7) is 0. The topological polar surface area (TPSA) is 143 Å². The van der Waals surface area contributed by atoms with Gasteiger partial charge in [0.15, 0.2) is 0 Å². The van der Waals surface area contributed by atoms with Crippen LogP contribution in [0.3, 0.4) is 0 Å². The van der Waals surface area contributed by atoms with Crippen LogP contribution in [-0.2, 0) is 15.0 Å². The number of anilines is 2. The largest absolute Gasteiger partial charge is 0.480 e. The molecule has 0 fully saturated rings. The Labute approximate surface area is 164 Å². The van der Waals surface area contributed by atoms with Crippen LogP contribution in [0.1, 0.15) is 21.5 Å². The molecule has 3 aromatic rings. The number of fused-ring (bicyclic) bond motifs is 3. The van der Waals surface area contributed by atoms with E-state index in [1.807, 2.05) is 0 Å². The Hall–Kier alpha value is -4.20. The van der Waals surface area contributed by atoms with Gasteiger partial charge in [-0.05, 0) is 28.8 Å². The summed E-state index contributed by atoms with van der Waals surface area (Å²) >= 11 is 0. The zero-order chi connectivity index (χ0) is 20.8. The molecule has 1 aliphatic carbocycles. The third-order valence-electron chi connectivity index (χ3n) is 5.05. The third-order valence-corrected chi connectivity index (χ3v) is 5.05. The van der Waals surface area contributed by atoms with Gasteiger partial charge in [-0.3, -0.25) is 19.4 Å². The van der Waals surface area contributed by atoms with Crippen molar-refractivity contribution in [2.75, 3.05) is 11.1 Å². The molecule has 5 N–H and O–H groups in total. The first-order valence-corrected chi connectivity index (χ1v) is 8.60. The van der Waals surface area contributed by atoms with Crippen molar-refractivity contribution in [1.29, 1.82) is 0 Å². The average molecular weight is 389 g/mol. The SMILES string of the molecule is Nc1cnccc1NC(=O)c1cccc2c1C(C(=O)O)(C(=O)O)c1ccccc1-2. The zero-order valence-corrected chi connectivity index (χ0v) is 14.9. The van der Waals surface area contributed by atoms with E-state index >= 15 is 0 Å². The Morgan fingerprint density at radius 3 is 2.31 bits per heavy atom. The first kappa shape index (κ1) is 18.2. The summed E-state index contributed by atoms with van der Waals surface area (Å²) < 4.78 is 0.